The standard InChI is InChI=1S/C34H57N3O23/c1-10-19(35-11(2)41)28(25(49)18(55-10)9-54-31-21(37-13(4)43)26(50)23(47)16(7-39)56-31)58-32-27(51)30(24(48)17(8-40)57-32)60-34(33(52)53)5-14(44)20(36-12(3)42)29(59-34)22(46)15(45)6-38/h10,14-32,38-40,44-51H,5-9H2,1-4H3,(H,35,41)(H,36,42)(H,37,43)(H,52,53)/t10-,14-,15+,16?,17?,18?,19?,20+,21?,22+,23-,24-,25-,26+,27?,28+,29?,30-,31+,32-,34-/m0/s1. The van der Waals surface area contributed by atoms with Gasteiger partial charge in [0.05, 0.1) is 50.7 Å². The lowest BCUT2D eigenvalue weighted by atomic mass is 9.88. The highest BCUT2D eigenvalue weighted by Gasteiger charge is 2.60. The molecule has 0 aromatic heterocycles. The van der Waals surface area contributed by atoms with Crippen LogP contribution in [0.3, 0.4) is 0 Å². The van der Waals surface area contributed by atoms with Crippen LogP contribution in [0.25, 0.3) is 0 Å². The van der Waals surface area contributed by atoms with Crippen LogP contribution in [0.5, 0.6) is 0 Å². The van der Waals surface area contributed by atoms with Gasteiger partial charge in [-0.25, -0.2) is 4.79 Å². The third-order valence-corrected chi connectivity index (χ3v) is 10.6. The van der Waals surface area contributed by atoms with E-state index in [1.807, 2.05) is 0 Å². The van der Waals surface area contributed by atoms with E-state index in [0.29, 0.717) is 0 Å². The van der Waals surface area contributed by atoms with Gasteiger partial charge >= 0.3 is 5.97 Å². The van der Waals surface area contributed by atoms with Gasteiger partial charge in [-0.3, -0.25) is 14.4 Å². The molecule has 0 aliphatic carbocycles. The zero-order valence-electron chi connectivity index (χ0n) is 32.9. The summed E-state index contributed by atoms with van der Waals surface area (Å²) in [7, 11) is 0. The molecule has 0 bridgehead atoms. The van der Waals surface area contributed by atoms with Crippen LogP contribution in [0.1, 0.15) is 34.1 Å². The predicted molar refractivity (Wildman–Crippen MR) is 189 cm³/mol. The van der Waals surface area contributed by atoms with Crippen LogP contribution in [0, 0.1) is 0 Å². The van der Waals surface area contributed by atoms with Gasteiger partial charge in [-0.2, -0.15) is 0 Å². The first-order valence-corrected chi connectivity index (χ1v) is 19.0. The maximum atomic E-state index is 12.9. The molecule has 4 heterocycles. The predicted octanol–water partition coefficient (Wildman–Crippen LogP) is -9.04. The van der Waals surface area contributed by atoms with E-state index in [1.54, 1.807) is 0 Å². The van der Waals surface area contributed by atoms with E-state index in [1.165, 1.54) is 6.92 Å². The van der Waals surface area contributed by atoms with Gasteiger partial charge in [-0.05, 0) is 6.92 Å². The summed E-state index contributed by atoms with van der Waals surface area (Å²) in [6.07, 6.45) is -31.5. The Balaban J connectivity index is 1.63. The average molecular weight is 876 g/mol. The molecular weight excluding hydrogens is 818 g/mol. The summed E-state index contributed by atoms with van der Waals surface area (Å²) in [6.45, 7) is 1.27. The molecule has 4 saturated heterocycles. The Labute approximate surface area is 341 Å². The minimum atomic E-state index is -3.09. The van der Waals surface area contributed by atoms with Gasteiger partial charge in [0.1, 0.15) is 85.4 Å². The van der Waals surface area contributed by atoms with E-state index >= 15 is 0 Å². The van der Waals surface area contributed by atoms with Crippen LogP contribution in [0.2, 0.25) is 0 Å². The lowest BCUT2D eigenvalue weighted by Gasteiger charge is -2.51. The molecule has 0 spiro atoms. The van der Waals surface area contributed by atoms with Gasteiger partial charge in [0.15, 0.2) is 12.6 Å². The Kier molecular flexibility index (Phi) is 17.5. The quantitative estimate of drug-likeness (QED) is 0.0684. The SMILES string of the molecule is CC(=O)NC1[C@H](OCC2O[C@@H](C)C(NC(C)=O)[C@@H](O[C@@H]3OC(CO)[C@H](O)[C@H](O[C@]4(C(=O)O)C[C@H](O)[C@@H](NC(C)=O)C([C@H](O)[C@H](O)CO)O4)C3O)[C@H]2O)OC(CO)[C@H](O)[C@@H]1O. The number of aliphatic hydroxyl groups is 11. The molecule has 21 atom stereocenters. The number of amides is 3. The first-order chi connectivity index (χ1) is 28.1. The van der Waals surface area contributed by atoms with Crippen LogP contribution in [-0.4, -0.2) is 239 Å². The molecule has 26 nitrogen and oxygen atoms in total. The number of carbonyl (C=O) groups is 4. The molecule has 7 unspecified atom stereocenters. The number of rotatable bonds is 16. The Hall–Kier alpha value is -2.84. The highest BCUT2D eigenvalue weighted by molar-refractivity contribution is 5.77. The molecule has 15 N–H and O–H groups in total. The van der Waals surface area contributed by atoms with Gasteiger partial charge in [0.2, 0.25) is 17.7 Å². The molecule has 4 aliphatic heterocycles. The maximum absolute atomic E-state index is 12.9. The average Bonchev–Trinajstić information content (AvgIpc) is 3.18. The molecule has 0 aromatic rings. The third-order valence-electron chi connectivity index (χ3n) is 10.6. The molecule has 346 valence electrons. The summed E-state index contributed by atoms with van der Waals surface area (Å²) in [5, 5.41) is 134. The fourth-order valence-electron chi connectivity index (χ4n) is 7.60. The normalized spacial score (nSPS) is 43.3. The second-order valence-electron chi connectivity index (χ2n) is 15.1. The van der Waals surface area contributed by atoms with Crippen molar-refractivity contribution in [1.29, 1.82) is 0 Å². The zero-order valence-corrected chi connectivity index (χ0v) is 32.9. The third kappa shape index (κ3) is 11.0. The number of hydrogen-bond acceptors (Lipinski definition) is 22. The van der Waals surface area contributed by atoms with Gasteiger partial charge in [0, 0.05) is 27.2 Å². The van der Waals surface area contributed by atoms with Crippen LogP contribution < -0.4 is 16.0 Å². The monoisotopic (exact) mass is 875 g/mol. The summed E-state index contributed by atoms with van der Waals surface area (Å²) in [5.74, 6) is -7.15. The maximum Gasteiger partial charge on any atom is 0.364 e. The van der Waals surface area contributed by atoms with Gasteiger partial charge in [-0.15, -0.1) is 0 Å². The van der Waals surface area contributed by atoms with Gasteiger partial charge < -0.3 is 110 Å². The molecule has 4 rings (SSSR count). The Morgan fingerprint density at radius 1 is 0.700 bits per heavy atom. The highest BCUT2D eigenvalue weighted by Crippen LogP contribution is 2.38. The van der Waals surface area contributed by atoms with Crippen molar-refractivity contribution < 1.29 is 114 Å². The van der Waals surface area contributed by atoms with E-state index in [4.69, 9.17) is 33.2 Å². The second kappa shape index (κ2) is 21.0. The smallest absolute Gasteiger partial charge is 0.364 e. The number of carboxylic acids is 1. The molecule has 3 amide bonds. The second-order valence-corrected chi connectivity index (χ2v) is 15.1. The Morgan fingerprint density at radius 3 is 1.78 bits per heavy atom. The molecule has 0 radical (unpaired) electrons. The molecular formula is C34H57N3O23. The van der Waals surface area contributed by atoms with Crippen LogP contribution in [0.15, 0.2) is 0 Å². The number of aliphatic hydroxyl groups excluding tert-OH is 11. The van der Waals surface area contributed by atoms with E-state index < -0.39 is 185 Å². The van der Waals surface area contributed by atoms with E-state index in [-0.39, 0.29) is 0 Å². The lowest BCUT2D eigenvalue weighted by molar-refractivity contribution is -0.378. The molecule has 0 aromatic carbocycles. The van der Waals surface area contributed by atoms with Crippen molar-refractivity contribution in [1.82, 2.24) is 16.0 Å². The van der Waals surface area contributed by atoms with Crippen LogP contribution >= 0.6 is 0 Å². The number of hydrogen-bond donors (Lipinski definition) is 15. The summed E-state index contributed by atoms with van der Waals surface area (Å²) in [6, 6.07) is -4.21. The summed E-state index contributed by atoms with van der Waals surface area (Å²) >= 11 is 0. The van der Waals surface area contributed by atoms with Crippen molar-refractivity contribution in [3.8, 4) is 0 Å². The zero-order chi connectivity index (χ0) is 45.0. The minimum absolute atomic E-state index is 0.601. The van der Waals surface area contributed by atoms with E-state index in [9.17, 15) is 80.5 Å². The number of carbonyl (C=O) groups excluding carboxylic acids is 3. The van der Waals surface area contributed by atoms with Crippen molar-refractivity contribution in [3.63, 3.8) is 0 Å². The van der Waals surface area contributed by atoms with Gasteiger partial charge in [0.25, 0.3) is 5.79 Å². The molecule has 4 fully saturated rings. The molecule has 26 heteroatoms. The fraction of sp³-hybridized carbons (Fsp3) is 0.882. The molecule has 4 aliphatic rings. The van der Waals surface area contributed by atoms with Crippen molar-refractivity contribution in [2.45, 2.75) is 162 Å². The van der Waals surface area contributed by atoms with E-state index in [2.05, 4.69) is 16.0 Å². The first-order valence-electron chi connectivity index (χ1n) is 19.0. The van der Waals surface area contributed by atoms with Crippen molar-refractivity contribution in [2.24, 2.45) is 0 Å². The number of nitrogens with one attached hydrogen (secondary N) is 3. The van der Waals surface area contributed by atoms with Crippen LogP contribution in [-0.2, 0) is 52.3 Å². The topological polar surface area (TPSA) is 412 Å². The Bertz CT molecular complexity index is 1470. The Morgan fingerprint density at radius 2 is 1.23 bits per heavy atom. The molecule has 60 heavy (non-hydrogen) atoms. The fourth-order valence-corrected chi connectivity index (χ4v) is 7.60. The molecule has 0 saturated carbocycles. The van der Waals surface area contributed by atoms with Crippen molar-refractivity contribution in [3.05, 3.63) is 0 Å². The summed E-state index contributed by atoms with van der Waals surface area (Å²) in [4.78, 5) is 49.0. The van der Waals surface area contributed by atoms with E-state index in [0.717, 1.165) is 20.8 Å². The minimum Gasteiger partial charge on any atom is -0.477 e. The van der Waals surface area contributed by atoms with Crippen LogP contribution in [0.4, 0.5) is 0 Å². The van der Waals surface area contributed by atoms with Crippen molar-refractivity contribution >= 4 is 23.7 Å². The summed E-state index contributed by atoms with van der Waals surface area (Å²) < 4.78 is 40.2. The largest absolute Gasteiger partial charge is 0.477 e. The number of aliphatic carboxylic acids is 1. The number of carboxylic acid groups (broad SMARTS) is 1. The van der Waals surface area contributed by atoms with Gasteiger partial charge in [-0.1, -0.05) is 0 Å². The van der Waals surface area contributed by atoms with Crippen molar-refractivity contribution in [2.75, 3.05) is 26.4 Å². The lowest BCUT2D eigenvalue weighted by Crippen LogP contribution is -2.71. The number of ether oxygens (including phenoxy) is 7. The first kappa shape index (κ1) is 49.8. The summed E-state index contributed by atoms with van der Waals surface area (Å²) in [5.41, 5.74) is 0. The highest BCUT2D eigenvalue weighted by atomic mass is 16.8.